The maximum absolute atomic E-state index is 13.0. The third-order valence-corrected chi connectivity index (χ3v) is 8.47. The summed E-state index contributed by atoms with van der Waals surface area (Å²) >= 11 is 0. The van der Waals surface area contributed by atoms with Gasteiger partial charge in [-0.1, -0.05) is 42.5 Å². The Morgan fingerprint density at radius 2 is 1.84 bits per heavy atom. The van der Waals surface area contributed by atoms with Crippen molar-refractivity contribution < 1.29 is 4.79 Å². The van der Waals surface area contributed by atoms with E-state index in [4.69, 9.17) is 4.98 Å². The number of rotatable bonds is 7. The van der Waals surface area contributed by atoms with Crippen molar-refractivity contribution in [3.8, 4) is 11.4 Å². The number of amides is 1. The molecule has 4 aromatic rings. The van der Waals surface area contributed by atoms with Crippen molar-refractivity contribution in [3.05, 3.63) is 83.8 Å². The van der Waals surface area contributed by atoms with Crippen LogP contribution in [0.3, 0.4) is 0 Å². The molecule has 6 heteroatoms. The molecule has 6 rings (SSSR count). The number of benzene rings is 2. The molecule has 0 radical (unpaired) electrons. The van der Waals surface area contributed by atoms with Gasteiger partial charge < -0.3 is 9.88 Å². The van der Waals surface area contributed by atoms with Gasteiger partial charge in [0.05, 0.1) is 16.9 Å². The summed E-state index contributed by atoms with van der Waals surface area (Å²) in [6.45, 7) is 6.40. The van der Waals surface area contributed by atoms with E-state index in [1.165, 1.54) is 36.2 Å². The molecule has 1 N–H and O–H groups in total. The number of nitrogens with one attached hydrogen (secondary N) is 1. The van der Waals surface area contributed by atoms with Gasteiger partial charge in [-0.25, -0.2) is 4.98 Å². The summed E-state index contributed by atoms with van der Waals surface area (Å²) in [5.41, 5.74) is 5.47. The number of hydrogen-bond donors (Lipinski definition) is 1. The molecule has 1 aliphatic heterocycles. The molecule has 2 aromatic heterocycles. The minimum Gasteiger partial charge on any atom is -0.349 e. The number of pyridine rings is 1. The van der Waals surface area contributed by atoms with Crippen LogP contribution in [-0.4, -0.2) is 44.5 Å². The van der Waals surface area contributed by atoms with Crippen molar-refractivity contribution in [3.63, 3.8) is 0 Å². The largest absolute Gasteiger partial charge is 0.349 e. The summed E-state index contributed by atoms with van der Waals surface area (Å²) in [6.07, 6.45) is 8.54. The van der Waals surface area contributed by atoms with Gasteiger partial charge in [-0.3, -0.25) is 14.7 Å². The minimum absolute atomic E-state index is 0.0265. The van der Waals surface area contributed by atoms with E-state index in [1.54, 1.807) is 6.20 Å². The van der Waals surface area contributed by atoms with Crippen molar-refractivity contribution in [2.24, 2.45) is 5.92 Å². The van der Waals surface area contributed by atoms with E-state index < -0.39 is 0 Å². The predicted octanol–water partition coefficient (Wildman–Crippen LogP) is 5.86. The van der Waals surface area contributed by atoms with E-state index in [-0.39, 0.29) is 11.9 Å². The molecule has 0 saturated heterocycles. The number of carbonyl (C=O) groups excluding carboxylic acids is 1. The van der Waals surface area contributed by atoms with E-state index in [9.17, 15) is 4.79 Å². The first-order chi connectivity index (χ1) is 18.7. The van der Waals surface area contributed by atoms with Gasteiger partial charge in [0.2, 0.25) is 0 Å². The van der Waals surface area contributed by atoms with Crippen LogP contribution in [-0.2, 0) is 19.5 Å². The standard InChI is InChI=1S/C32H37N5O/c1-2-37-30-22-36(21-18-29(30)35-31(37)24-8-4-3-5-9-24)20-17-23-13-15-25(16-14-23)34-32(38)27-10-6-12-28-26(27)11-7-19-33-28/h3-12,19,23,25H,2,13-18,20-22H2,1H3,(H,34,38)/t23-,25-. The maximum Gasteiger partial charge on any atom is 0.252 e. The summed E-state index contributed by atoms with van der Waals surface area (Å²) in [5.74, 6) is 1.88. The Bertz CT molecular complexity index is 1400. The van der Waals surface area contributed by atoms with Crippen LogP contribution in [0.5, 0.6) is 0 Å². The Morgan fingerprint density at radius 3 is 2.66 bits per heavy atom. The van der Waals surface area contributed by atoms with Gasteiger partial charge in [-0.05, 0) is 69.7 Å². The summed E-state index contributed by atoms with van der Waals surface area (Å²) in [7, 11) is 0. The van der Waals surface area contributed by atoms with Crippen LogP contribution in [0, 0.1) is 5.92 Å². The van der Waals surface area contributed by atoms with Gasteiger partial charge >= 0.3 is 0 Å². The fourth-order valence-electron chi connectivity index (χ4n) is 6.33. The molecule has 2 aliphatic rings. The molecule has 1 fully saturated rings. The Hall–Kier alpha value is -3.51. The molecule has 3 heterocycles. The van der Waals surface area contributed by atoms with Crippen molar-refractivity contribution in [1.29, 1.82) is 0 Å². The van der Waals surface area contributed by atoms with Crippen LogP contribution in [0.2, 0.25) is 0 Å². The van der Waals surface area contributed by atoms with E-state index in [0.29, 0.717) is 0 Å². The van der Waals surface area contributed by atoms with E-state index in [0.717, 1.165) is 73.7 Å². The number of fused-ring (bicyclic) bond motifs is 2. The Morgan fingerprint density at radius 1 is 1.00 bits per heavy atom. The minimum atomic E-state index is 0.0265. The van der Waals surface area contributed by atoms with Gasteiger partial charge in [0.15, 0.2) is 0 Å². The summed E-state index contributed by atoms with van der Waals surface area (Å²) < 4.78 is 2.41. The molecule has 1 saturated carbocycles. The first kappa shape index (κ1) is 24.8. The van der Waals surface area contributed by atoms with Crippen LogP contribution in [0.25, 0.3) is 22.3 Å². The molecule has 1 aliphatic carbocycles. The molecule has 6 nitrogen and oxygen atoms in total. The molecule has 196 valence electrons. The predicted molar refractivity (Wildman–Crippen MR) is 152 cm³/mol. The molecule has 0 bridgehead atoms. The molecule has 0 unspecified atom stereocenters. The summed E-state index contributed by atoms with van der Waals surface area (Å²) in [4.78, 5) is 25.1. The number of imidazole rings is 1. The SMILES string of the molecule is CCn1c(-c2ccccc2)nc2c1CN(CC[C@H]1CC[C@H](NC(=O)c3cccc4ncccc34)CC1)CC2. The highest BCUT2D eigenvalue weighted by atomic mass is 16.1. The topological polar surface area (TPSA) is 63.1 Å². The molecular formula is C32H37N5O. The Labute approximate surface area is 225 Å². The zero-order valence-corrected chi connectivity index (χ0v) is 22.3. The van der Waals surface area contributed by atoms with E-state index in [1.807, 2.05) is 30.3 Å². The number of carbonyl (C=O) groups is 1. The zero-order valence-electron chi connectivity index (χ0n) is 22.3. The monoisotopic (exact) mass is 507 g/mol. The average Bonchev–Trinajstić information content (AvgIpc) is 3.35. The first-order valence-corrected chi connectivity index (χ1v) is 14.2. The maximum atomic E-state index is 13.0. The van der Waals surface area contributed by atoms with Gasteiger partial charge in [-0.15, -0.1) is 0 Å². The van der Waals surface area contributed by atoms with Crippen molar-refractivity contribution in [1.82, 2.24) is 24.8 Å². The lowest BCUT2D eigenvalue weighted by molar-refractivity contribution is 0.0921. The summed E-state index contributed by atoms with van der Waals surface area (Å²) in [6, 6.07) is 20.5. The second-order valence-electron chi connectivity index (χ2n) is 10.8. The van der Waals surface area contributed by atoms with E-state index >= 15 is 0 Å². The number of nitrogens with zero attached hydrogens (tertiary/aromatic N) is 4. The molecule has 38 heavy (non-hydrogen) atoms. The number of hydrogen-bond acceptors (Lipinski definition) is 4. The first-order valence-electron chi connectivity index (χ1n) is 14.2. The third-order valence-electron chi connectivity index (χ3n) is 8.47. The quantitative estimate of drug-likeness (QED) is 0.341. The van der Waals surface area contributed by atoms with Gasteiger partial charge in [-0.2, -0.15) is 0 Å². The normalized spacial score (nSPS) is 19.8. The Balaban J connectivity index is 1.01. The third kappa shape index (κ3) is 5.10. The highest BCUT2D eigenvalue weighted by molar-refractivity contribution is 6.06. The molecular weight excluding hydrogens is 470 g/mol. The second kappa shape index (κ2) is 11.1. The van der Waals surface area contributed by atoms with Crippen molar-refractivity contribution in [2.45, 2.75) is 64.6 Å². The van der Waals surface area contributed by atoms with Crippen molar-refractivity contribution in [2.75, 3.05) is 13.1 Å². The number of aromatic nitrogens is 3. The van der Waals surface area contributed by atoms with Crippen LogP contribution >= 0.6 is 0 Å². The lowest BCUT2D eigenvalue weighted by atomic mass is 9.84. The molecule has 1 amide bonds. The van der Waals surface area contributed by atoms with Gasteiger partial charge in [0.1, 0.15) is 5.82 Å². The van der Waals surface area contributed by atoms with Gasteiger partial charge in [0.25, 0.3) is 5.91 Å². The van der Waals surface area contributed by atoms with Gasteiger partial charge in [0, 0.05) is 54.8 Å². The van der Waals surface area contributed by atoms with Crippen LogP contribution in [0.4, 0.5) is 0 Å². The highest BCUT2D eigenvalue weighted by Gasteiger charge is 2.27. The molecule has 0 atom stereocenters. The fourth-order valence-corrected chi connectivity index (χ4v) is 6.33. The zero-order chi connectivity index (χ0) is 25.9. The smallest absolute Gasteiger partial charge is 0.252 e. The summed E-state index contributed by atoms with van der Waals surface area (Å²) in [5, 5.41) is 4.23. The van der Waals surface area contributed by atoms with Crippen LogP contribution < -0.4 is 5.32 Å². The fraction of sp³-hybridized carbons (Fsp3) is 0.406. The van der Waals surface area contributed by atoms with E-state index in [2.05, 4.69) is 57.0 Å². The molecule has 0 spiro atoms. The van der Waals surface area contributed by atoms with Crippen molar-refractivity contribution >= 4 is 16.8 Å². The van der Waals surface area contributed by atoms with Crippen LogP contribution in [0.1, 0.15) is 60.8 Å². The second-order valence-corrected chi connectivity index (χ2v) is 10.8. The van der Waals surface area contributed by atoms with Crippen LogP contribution in [0.15, 0.2) is 66.9 Å². The average molecular weight is 508 g/mol. The highest BCUT2D eigenvalue weighted by Crippen LogP contribution is 2.30. The Kier molecular flexibility index (Phi) is 7.23. The molecule has 2 aromatic carbocycles. The lowest BCUT2D eigenvalue weighted by Gasteiger charge is -2.32. The lowest BCUT2D eigenvalue weighted by Crippen LogP contribution is -2.38.